The summed E-state index contributed by atoms with van der Waals surface area (Å²) in [5, 5.41) is 13.4. The average molecular weight is 556 g/mol. The van der Waals surface area contributed by atoms with Gasteiger partial charge in [-0.3, -0.25) is 4.79 Å². The van der Waals surface area contributed by atoms with E-state index in [-0.39, 0.29) is 29.9 Å². The number of aliphatic imine (C=N–C) groups is 1. The molecule has 1 aliphatic heterocycles. The lowest BCUT2D eigenvalue weighted by molar-refractivity contribution is 0.0953. The molecule has 0 unspecified atom stereocenters. The Labute approximate surface area is 206 Å². The molecular weight excluding hydrogens is 521 g/mol. The molecule has 2 heterocycles. The molecule has 3 rings (SSSR count). The van der Waals surface area contributed by atoms with Gasteiger partial charge in [-0.1, -0.05) is 19.1 Å². The van der Waals surface area contributed by atoms with Gasteiger partial charge in [-0.2, -0.15) is 0 Å². The fourth-order valence-electron chi connectivity index (χ4n) is 3.53. The minimum Gasteiger partial charge on any atom is -0.363 e. The van der Waals surface area contributed by atoms with E-state index < -0.39 is 0 Å². The Morgan fingerprint density at radius 3 is 2.65 bits per heavy atom. The van der Waals surface area contributed by atoms with Gasteiger partial charge < -0.3 is 20.9 Å². The van der Waals surface area contributed by atoms with Crippen molar-refractivity contribution >= 4 is 52.2 Å². The van der Waals surface area contributed by atoms with Crippen LogP contribution in [0.15, 0.2) is 46.8 Å². The van der Waals surface area contributed by atoms with Gasteiger partial charge in [-0.05, 0) is 61.4 Å². The minimum absolute atomic E-state index is 0. The highest BCUT2D eigenvalue weighted by Gasteiger charge is 2.20. The third kappa shape index (κ3) is 7.99. The largest absolute Gasteiger partial charge is 0.363 e. The summed E-state index contributed by atoms with van der Waals surface area (Å²) in [5.74, 6) is 0.818. The third-order valence-electron chi connectivity index (χ3n) is 5.14. The number of carbonyl (C=O) groups is 1. The molecule has 1 saturated heterocycles. The van der Waals surface area contributed by atoms with Gasteiger partial charge in [-0.15, -0.1) is 35.3 Å². The molecule has 1 fully saturated rings. The van der Waals surface area contributed by atoms with Crippen LogP contribution in [0, 0.1) is 0 Å². The first-order valence-electron chi connectivity index (χ1n) is 10.9. The second-order valence-corrected chi connectivity index (χ2v) is 8.43. The number of guanidine groups is 1. The fourth-order valence-corrected chi connectivity index (χ4v) is 4.31. The number of nitrogens with zero attached hydrogens (tertiary/aromatic N) is 2. The van der Waals surface area contributed by atoms with Crippen molar-refractivity contribution in [2.75, 3.05) is 31.1 Å². The van der Waals surface area contributed by atoms with Crippen LogP contribution in [0.4, 0.5) is 5.00 Å². The van der Waals surface area contributed by atoms with E-state index in [9.17, 15) is 4.79 Å². The van der Waals surface area contributed by atoms with Crippen LogP contribution < -0.4 is 20.9 Å². The summed E-state index contributed by atoms with van der Waals surface area (Å²) in [7, 11) is 0. The van der Waals surface area contributed by atoms with Crippen molar-refractivity contribution in [2.45, 2.75) is 45.7 Å². The second-order valence-electron chi connectivity index (χ2n) is 7.51. The Kier molecular flexibility index (Phi) is 11.1. The van der Waals surface area contributed by atoms with Crippen molar-refractivity contribution in [3.05, 3.63) is 52.9 Å². The lowest BCUT2D eigenvalue weighted by atomic mass is 10.1. The van der Waals surface area contributed by atoms with Crippen LogP contribution in [-0.4, -0.2) is 44.1 Å². The lowest BCUT2D eigenvalue weighted by Crippen LogP contribution is -2.48. The average Bonchev–Trinajstić information content (AvgIpc) is 3.31. The Bertz CT molecular complexity index is 819. The summed E-state index contributed by atoms with van der Waals surface area (Å²) in [6.07, 6.45) is 3.12. The van der Waals surface area contributed by atoms with Gasteiger partial charge in [0.2, 0.25) is 0 Å². The minimum atomic E-state index is -0.0230. The van der Waals surface area contributed by atoms with Gasteiger partial charge in [0, 0.05) is 37.8 Å². The SMILES string of the molecule is CCCNC(=O)c1cccc(CN=C(NCC)NC2CCN(c3cccs3)CC2)c1.I. The highest BCUT2D eigenvalue weighted by molar-refractivity contribution is 14.0. The van der Waals surface area contributed by atoms with Crippen molar-refractivity contribution in [3.63, 3.8) is 0 Å². The molecule has 6 nitrogen and oxygen atoms in total. The van der Waals surface area contributed by atoms with Gasteiger partial charge in [0.15, 0.2) is 5.96 Å². The van der Waals surface area contributed by atoms with Crippen LogP contribution in [0.2, 0.25) is 0 Å². The van der Waals surface area contributed by atoms with E-state index in [2.05, 4.69) is 45.3 Å². The molecule has 0 spiro atoms. The van der Waals surface area contributed by atoms with E-state index in [4.69, 9.17) is 4.99 Å². The van der Waals surface area contributed by atoms with Crippen LogP contribution >= 0.6 is 35.3 Å². The molecule has 1 amide bonds. The van der Waals surface area contributed by atoms with Gasteiger partial charge >= 0.3 is 0 Å². The van der Waals surface area contributed by atoms with Crippen LogP contribution in [0.25, 0.3) is 0 Å². The highest BCUT2D eigenvalue weighted by Crippen LogP contribution is 2.24. The molecule has 2 aromatic rings. The molecule has 0 radical (unpaired) electrons. The smallest absolute Gasteiger partial charge is 0.251 e. The summed E-state index contributed by atoms with van der Waals surface area (Å²) in [5.41, 5.74) is 1.72. The molecule has 3 N–H and O–H groups in total. The normalized spacial score (nSPS) is 14.6. The number of anilines is 1. The quantitative estimate of drug-likeness (QED) is 0.259. The summed E-state index contributed by atoms with van der Waals surface area (Å²) in [4.78, 5) is 19.4. The van der Waals surface area contributed by atoms with E-state index in [0.717, 1.165) is 50.4 Å². The zero-order chi connectivity index (χ0) is 21.2. The number of nitrogens with one attached hydrogen (secondary N) is 3. The number of rotatable bonds is 8. The number of benzene rings is 1. The number of amides is 1. The van der Waals surface area contributed by atoms with E-state index in [1.807, 2.05) is 31.2 Å². The van der Waals surface area contributed by atoms with Crippen molar-refractivity contribution in [2.24, 2.45) is 4.99 Å². The maximum atomic E-state index is 12.2. The number of halogens is 1. The van der Waals surface area contributed by atoms with E-state index in [1.165, 1.54) is 5.00 Å². The number of piperidine rings is 1. The number of hydrogen-bond donors (Lipinski definition) is 3. The Morgan fingerprint density at radius 1 is 1.16 bits per heavy atom. The van der Waals surface area contributed by atoms with Gasteiger partial charge in [-0.25, -0.2) is 4.99 Å². The Balaban J connectivity index is 0.00000341. The van der Waals surface area contributed by atoms with Crippen LogP contribution in [-0.2, 0) is 6.54 Å². The molecule has 1 aromatic heterocycles. The summed E-state index contributed by atoms with van der Waals surface area (Å²) >= 11 is 1.81. The topological polar surface area (TPSA) is 68.8 Å². The predicted octanol–water partition coefficient (Wildman–Crippen LogP) is 4.23. The van der Waals surface area contributed by atoms with Crippen LogP contribution in [0.3, 0.4) is 0 Å². The summed E-state index contributed by atoms with van der Waals surface area (Å²) in [6, 6.07) is 12.4. The lowest BCUT2D eigenvalue weighted by Gasteiger charge is -2.33. The molecule has 0 saturated carbocycles. The summed E-state index contributed by atoms with van der Waals surface area (Å²) < 4.78 is 0. The van der Waals surface area contributed by atoms with Crippen molar-refractivity contribution in [1.82, 2.24) is 16.0 Å². The van der Waals surface area contributed by atoms with Gasteiger partial charge in [0.05, 0.1) is 11.5 Å². The second kappa shape index (κ2) is 13.6. The maximum Gasteiger partial charge on any atom is 0.251 e. The van der Waals surface area contributed by atoms with Crippen molar-refractivity contribution in [1.29, 1.82) is 0 Å². The molecule has 0 bridgehead atoms. The molecule has 8 heteroatoms. The van der Waals surface area contributed by atoms with E-state index in [0.29, 0.717) is 24.7 Å². The summed E-state index contributed by atoms with van der Waals surface area (Å²) in [6.45, 7) is 8.31. The van der Waals surface area contributed by atoms with Gasteiger partial charge in [0.1, 0.15) is 0 Å². The van der Waals surface area contributed by atoms with E-state index in [1.54, 1.807) is 11.3 Å². The molecule has 0 atom stereocenters. The molecule has 170 valence electrons. The standard InChI is InChI=1S/C23H33N5OS.HI/c1-3-12-25-22(29)19-8-5-7-18(16-19)17-26-23(24-4-2)27-20-10-13-28(14-11-20)21-9-6-15-30-21;/h5-9,15-16,20H,3-4,10-14,17H2,1-2H3,(H,25,29)(H2,24,26,27);1H. The molecule has 31 heavy (non-hydrogen) atoms. The first-order chi connectivity index (χ1) is 14.7. The maximum absolute atomic E-state index is 12.2. The highest BCUT2D eigenvalue weighted by atomic mass is 127. The number of hydrogen-bond acceptors (Lipinski definition) is 4. The molecule has 1 aromatic carbocycles. The Morgan fingerprint density at radius 2 is 1.97 bits per heavy atom. The molecule has 0 aliphatic carbocycles. The zero-order valence-electron chi connectivity index (χ0n) is 18.4. The molecular formula is C23H34IN5OS. The monoisotopic (exact) mass is 555 g/mol. The van der Waals surface area contributed by atoms with Crippen LogP contribution in [0.5, 0.6) is 0 Å². The first kappa shape index (κ1) is 25.5. The fraction of sp³-hybridized carbons (Fsp3) is 0.478. The number of carbonyl (C=O) groups excluding carboxylic acids is 1. The van der Waals surface area contributed by atoms with Gasteiger partial charge in [0.25, 0.3) is 5.91 Å². The Hall–Kier alpha value is -1.81. The van der Waals surface area contributed by atoms with Crippen LogP contribution in [0.1, 0.15) is 49.0 Å². The predicted molar refractivity (Wildman–Crippen MR) is 142 cm³/mol. The van der Waals surface area contributed by atoms with E-state index >= 15 is 0 Å². The zero-order valence-corrected chi connectivity index (χ0v) is 21.5. The first-order valence-corrected chi connectivity index (χ1v) is 11.8. The van der Waals surface area contributed by atoms with Crippen molar-refractivity contribution < 1.29 is 4.79 Å². The van der Waals surface area contributed by atoms with Crippen molar-refractivity contribution in [3.8, 4) is 0 Å². The molecule has 1 aliphatic rings. The third-order valence-corrected chi connectivity index (χ3v) is 6.07. The number of thiophene rings is 1.